The number of aromatic nitrogens is 2. The van der Waals surface area contributed by atoms with Gasteiger partial charge < -0.3 is 10.1 Å². The lowest BCUT2D eigenvalue weighted by Crippen LogP contribution is -2.01. The predicted molar refractivity (Wildman–Crippen MR) is 58.5 cm³/mol. The van der Waals surface area contributed by atoms with E-state index in [1.165, 1.54) is 0 Å². The Bertz CT molecular complexity index is 450. The summed E-state index contributed by atoms with van der Waals surface area (Å²) < 4.78 is 3.83. The van der Waals surface area contributed by atoms with Gasteiger partial charge in [-0.15, -0.1) is 0 Å². The van der Waals surface area contributed by atoms with Gasteiger partial charge in [0.2, 0.25) is 0 Å². The van der Waals surface area contributed by atoms with E-state index in [0.717, 1.165) is 20.4 Å². The van der Waals surface area contributed by atoms with E-state index in [4.69, 9.17) is 5.73 Å². The fraction of sp³-hybridized carbons (Fsp3) is 0.125. The normalized spacial score (nSPS) is 11.0. The minimum absolute atomic E-state index is 0.439. The second-order valence-corrected chi connectivity index (χ2v) is 4.29. The van der Waals surface area contributed by atoms with Crippen molar-refractivity contribution >= 4 is 37.4 Å². The molecule has 0 atom stereocenters. The number of nitrogens with zero attached hydrogens (tertiary/aromatic N) is 2. The third-order valence-electron chi connectivity index (χ3n) is 1.82. The number of hydrogen-bond donors (Lipinski definition) is 1. The molecular formula is C8H7Br2N3. The van der Waals surface area contributed by atoms with Gasteiger partial charge in [-0.05, 0) is 28.1 Å². The fourth-order valence-electron chi connectivity index (χ4n) is 1.23. The quantitative estimate of drug-likeness (QED) is 0.878. The van der Waals surface area contributed by atoms with Gasteiger partial charge in [0.1, 0.15) is 10.4 Å². The molecule has 0 fully saturated rings. The van der Waals surface area contributed by atoms with Crippen molar-refractivity contribution in [2.24, 2.45) is 5.73 Å². The predicted octanol–water partition coefficient (Wildman–Crippen LogP) is 2.32. The second kappa shape index (κ2) is 3.40. The number of nitrogens with two attached hydrogens (primary N) is 1. The zero-order valence-corrected chi connectivity index (χ0v) is 9.84. The Morgan fingerprint density at radius 2 is 2.23 bits per heavy atom. The molecule has 2 aromatic heterocycles. The highest BCUT2D eigenvalue weighted by atomic mass is 79.9. The van der Waals surface area contributed by atoms with E-state index in [0.29, 0.717) is 6.54 Å². The van der Waals surface area contributed by atoms with Gasteiger partial charge in [-0.25, -0.2) is 4.98 Å². The first-order valence-electron chi connectivity index (χ1n) is 3.74. The van der Waals surface area contributed by atoms with Crippen LogP contribution in [0.3, 0.4) is 0 Å². The zero-order chi connectivity index (χ0) is 9.42. The second-order valence-electron chi connectivity index (χ2n) is 2.62. The standard InChI is InChI=1S/C8H7Br2N3/c9-5-1-2-13-6(3-5)8(10)12-7(13)4-11/h1-3H,4,11H2. The van der Waals surface area contributed by atoms with E-state index in [-0.39, 0.29) is 0 Å². The third kappa shape index (κ3) is 1.51. The van der Waals surface area contributed by atoms with Gasteiger partial charge in [-0.1, -0.05) is 15.9 Å². The first-order valence-corrected chi connectivity index (χ1v) is 5.33. The molecule has 2 aromatic rings. The van der Waals surface area contributed by atoms with Crippen LogP contribution in [0.2, 0.25) is 0 Å². The van der Waals surface area contributed by atoms with Gasteiger partial charge in [-0.3, -0.25) is 0 Å². The molecule has 5 heteroatoms. The molecule has 2 heterocycles. The van der Waals surface area contributed by atoms with Gasteiger partial charge in [0.05, 0.1) is 12.1 Å². The summed E-state index contributed by atoms with van der Waals surface area (Å²) in [5.74, 6) is 0.856. The minimum atomic E-state index is 0.439. The summed E-state index contributed by atoms with van der Waals surface area (Å²) in [6, 6.07) is 3.95. The van der Waals surface area contributed by atoms with Crippen LogP contribution in [0.25, 0.3) is 5.52 Å². The lowest BCUT2D eigenvalue weighted by molar-refractivity contribution is 0.901. The molecule has 0 aromatic carbocycles. The van der Waals surface area contributed by atoms with Crippen molar-refractivity contribution in [3.05, 3.63) is 33.2 Å². The Hall–Kier alpha value is -0.390. The Kier molecular flexibility index (Phi) is 2.40. The molecule has 0 bridgehead atoms. The maximum absolute atomic E-state index is 5.55. The average molecular weight is 305 g/mol. The van der Waals surface area contributed by atoms with E-state index >= 15 is 0 Å². The molecular weight excluding hydrogens is 298 g/mol. The molecule has 3 nitrogen and oxygen atoms in total. The summed E-state index contributed by atoms with van der Waals surface area (Å²) in [4.78, 5) is 4.28. The summed E-state index contributed by atoms with van der Waals surface area (Å²) in [6.07, 6.45) is 1.94. The van der Waals surface area contributed by atoms with Crippen LogP contribution in [0.15, 0.2) is 27.4 Å². The first kappa shape index (κ1) is 9.18. The van der Waals surface area contributed by atoms with Crippen LogP contribution in [0.5, 0.6) is 0 Å². The van der Waals surface area contributed by atoms with Crippen molar-refractivity contribution < 1.29 is 0 Å². The molecule has 0 unspecified atom stereocenters. The smallest absolute Gasteiger partial charge is 0.132 e. The molecule has 0 aliphatic rings. The number of hydrogen-bond acceptors (Lipinski definition) is 2. The van der Waals surface area contributed by atoms with Crippen LogP contribution in [-0.4, -0.2) is 9.38 Å². The maximum atomic E-state index is 5.55. The lowest BCUT2D eigenvalue weighted by atomic mass is 10.4. The molecule has 2 N–H and O–H groups in total. The van der Waals surface area contributed by atoms with Gasteiger partial charge in [-0.2, -0.15) is 0 Å². The number of imidazole rings is 1. The van der Waals surface area contributed by atoms with Crippen LogP contribution in [0.4, 0.5) is 0 Å². The summed E-state index contributed by atoms with van der Waals surface area (Å²) >= 11 is 6.79. The van der Waals surface area contributed by atoms with E-state index in [2.05, 4.69) is 36.8 Å². The number of halogens is 2. The van der Waals surface area contributed by atoms with Crippen LogP contribution < -0.4 is 5.73 Å². The Morgan fingerprint density at radius 1 is 1.46 bits per heavy atom. The van der Waals surface area contributed by atoms with Gasteiger partial charge in [0, 0.05) is 10.7 Å². The van der Waals surface area contributed by atoms with Crippen molar-refractivity contribution in [2.45, 2.75) is 6.54 Å². The number of rotatable bonds is 1. The highest BCUT2D eigenvalue weighted by molar-refractivity contribution is 9.11. The molecule has 2 rings (SSSR count). The molecule has 0 amide bonds. The Labute approximate surface area is 92.2 Å². The van der Waals surface area contributed by atoms with Crippen molar-refractivity contribution in [1.29, 1.82) is 0 Å². The molecule has 68 valence electrons. The van der Waals surface area contributed by atoms with Crippen molar-refractivity contribution in [3.8, 4) is 0 Å². The van der Waals surface area contributed by atoms with Crippen molar-refractivity contribution in [3.63, 3.8) is 0 Å². The maximum Gasteiger partial charge on any atom is 0.132 e. The summed E-state index contributed by atoms with van der Waals surface area (Å²) in [5.41, 5.74) is 6.57. The summed E-state index contributed by atoms with van der Waals surface area (Å²) in [7, 11) is 0. The van der Waals surface area contributed by atoms with E-state index < -0.39 is 0 Å². The topological polar surface area (TPSA) is 43.3 Å². The van der Waals surface area contributed by atoms with E-state index in [1.54, 1.807) is 0 Å². The van der Waals surface area contributed by atoms with Crippen LogP contribution in [-0.2, 0) is 6.54 Å². The summed E-state index contributed by atoms with van der Waals surface area (Å²) in [6.45, 7) is 0.439. The van der Waals surface area contributed by atoms with Crippen LogP contribution in [0.1, 0.15) is 5.82 Å². The molecule has 0 aliphatic carbocycles. The highest BCUT2D eigenvalue weighted by Gasteiger charge is 2.06. The number of fused-ring (bicyclic) bond motifs is 1. The molecule has 0 saturated carbocycles. The largest absolute Gasteiger partial charge is 0.324 e. The SMILES string of the molecule is NCc1nc(Br)c2cc(Br)ccn12. The van der Waals surface area contributed by atoms with E-state index in [9.17, 15) is 0 Å². The molecule has 0 saturated heterocycles. The Balaban J connectivity index is 2.80. The van der Waals surface area contributed by atoms with Crippen molar-refractivity contribution in [2.75, 3.05) is 0 Å². The van der Waals surface area contributed by atoms with Gasteiger partial charge >= 0.3 is 0 Å². The Morgan fingerprint density at radius 3 is 2.92 bits per heavy atom. The third-order valence-corrected chi connectivity index (χ3v) is 2.89. The van der Waals surface area contributed by atoms with Gasteiger partial charge in [0.15, 0.2) is 0 Å². The van der Waals surface area contributed by atoms with Crippen molar-refractivity contribution in [1.82, 2.24) is 9.38 Å². The monoisotopic (exact) mass is 303 g/mol. The van der Waals surface area contributed by atoms with E-state index in [1.807, 2.05) is 22.7 Å². The molecule has 0 radical (unpaired) electrons. The van der Waals surface area contributed by atoms with Gasteiger partial charge in [0.25, 0.3) is 0 Å². The highest BCUT2D eigenvalue weighted by Crippen LogP contribution is 2.22. The first-order chi connectivity index (χ1) is 6.22. The van der Waals surface area contributed by atoms with Crippen LogP contribution >= 0.6 is 31.9 Å². The zero-order valence-electron chi connectivity index (χ0n) is 6.67. The van der Waals surface area contributed by atoms with Crippen LogP contribution in [0, 0.1) is 0 Å². The lowest BCUT2D eigenvalue weighted by Gasteiger charge is -1.97. The number of pyridine rings is 1. The molecule has 13 heavy (non-hydrogen) atoms. The average Bonchev–Trinajstić information content (AvgIpc) is 2.43. The molecule has 0 aliphatic heterocycles. The molecule has 0 spiro atoms. The minimum Gasteiger partial charge on any atom is -0.324 e. The fourth-order valence-corrected chi connectivity index (χ4v) is 2.07. The summed E-state index contributed by atoms with van der Waals surface area (Å²) in [5, 5.41) is 0.